The van der Waals surface area contributed by atoms with Gasteiger partial charge in [0.05, 0.1) is 16.1 Å². The topological polar surface area (TPSA) is 44.5 Å². The van der Waals surface area contributed by atoms with Crippen LogP contribution in [0.1, 0.15) is 25.5 Å². The van der Waals surface area contributed by atoms with E-state index in [0.29, 0.717) is 23.3 Å². The van der Waals surface area contributed by atoms with Crippen molar-refractivity contribution < 1.29 is 9.47 Å². The van der Waals surface area contributed by atoms with Crippen LogP contribution in [0.3, 0.4) is 0 Å². The molecule has 0 aliphatic rings. The first-order valence-electron chi connectivity index (χ1n) is 5.54. The first kappa shape index (κ1) is 14.7. The molecule has 0 bridgehead atoms. The molecule has 0 spiro atoms. The lowest BCUT2D eigenvalue weighted by Gasteiger charge is -2.24. The summed E-state index contributed by atoms with van der Waals surface area (Å²) in [7, 11) is 0. The van der Waals surface area contributed by atoms with Crippen LogP contribution < -0.4 is 5.73 Å². The van der Waals surface area contributed by atoms with Gasteiger partial charge >= 0.3 is 0 Å². The lowest BCUT2D eigenvalue weighted by atomic mass is 10.1. The zero-order valence-corrected chi connectivity index (χ0v) is 11.5. The zero-order valence-electron chi connectivity index (χ0n) is 9.95. The molecule has 2 N–H and O–H groups in total. The van der Waals surface area contributed by atoms with E-state index in [4.69, 9.17) is 38.4 Å². The minimum atomic E-state index is -0.513. The summed E-state index contributed by atoms with van der Waals surface area (Å²) in [5, 5.41) is 0.928. The molecule has 0 aromatic heterocycles. The van der Waals surface area contributed by atoms with Crippen molar-refractivity contribution >= 4 is 23.2 Å². The molecule has 17 heavy (non-hydrogen) atoms. The van der Waals surface area contributed by atoms with E-state index in [1.807, 2.05) is 19.9 Å². The van der Waals surface area contributed by atoms with E-state index in [9.17, 15) is 0 Å². The number of halogens is 2. The Hall–Kier alpha value is -0.320. The Kier molecular flexibility index (Phi) is 6.23. The van der Waals surface area contributed by atoms with Crippen molar-refractivity contribution in [2.24, 2.45) is 5.73 Å². The van der Waals surface area contributed by atoms with Gasteiger partial charge in [-0.05, 0) is 25.5 Å². The Morgan fingerprint density at radius 3 is 2.29 bits per heavy atom. The average Bonchev–Trinajstić information content (AvgIpc) is 2.31. The van der Waals surface area contributed by atoms with Crippen molar-refractivity contribution in [3.8, 4) is 0 Å². The highest BCUT2D eigenvalue weighted by atomic mass is 35.5. The molecule has 1 aromatic rings. The van der Waals surface area contributed by atoms with Crippen molar-refractivity contribution in [1.82, 2.24) is 0 Å². The molecule has 0 saturated carbocycles. The molecule has 1 aromatic carbocycles. The lowest BCUT2D eigenvalue weighted by Crippen LogP contribution is -2.32. The van der Waals surface area contributed by atoms with E-state index in [1.165, 1.54) is 0 Å². The fourth-order valence-electron chi connectivity index (χ4n) is 1.51. The van der Waals surface area contributed by atoms with Crippen LogP contribution in [-0.4, -0.2) is 19.5 Å². The molecule has 0 fully saturated rings. The largest absolute Gasteiger partial charge is 0.351 e. The molecule has 0 heterocycles. The third-order valence-electron chi connectivity index (χ3n) is 2.30. The normalized spacial score (nSPS) is 13.1. The Morgan fingerprint density at radius 2 is 1.76 bits per heavy atom. The molecule has 96 valence electrons. The number of hydrogen-bond donors (Lipinski definition) is 1. The van der Waals surface area contributed by atoms with Gasteiger partial charge in [-0.3, -0.25) is 0 Å². The van der Waals surface area contributed by atoms with Gasteiger partial charge in [0.15, 0.2) is 6.29 Å². The minimum Gasteiger partial charge on any atom is -0.351 e. The van der Waals surface area contributed by atoms with Crippen molar-refractivity contribution in [2.75, 3.05) is 13.2 Å². The van der Waals surface area contributed by atoms with Gasteiger partial charge in [0.25, 0.3) is 0 Å². The van der Waals surface area contributed by atoms with Crippen LogP contribution in [0, 0.1) is 0 Å². The maximum atomic E-state index is 6.11. The van der Waals surface area contributed by atoms with Crippen LogP contribution in [0.15, 0.2) is 18.2 Å². The van der Waals surface area contributed by atoms with E-state index < -0.39 is 12.3 Å². The van der Waals surface area contributed by atoms with Gasteiger partial charge in [0, 0.05) is 13.2 Å². The summed E-state index contributed by atoms with van der Waals surface area (Å²) in [5.41, 5.74) is 6.82. The first-order valence-corrected chi connectivity index (χ1v) is 6.30. The predicted molar refractivity (Wildman–Crippen MR) is 70.4 cm³/mol. The Labute approximate surface area is 112 Å². The summed E-state index contributed by atoms with van der Waals surface area (Å²) in [6, 6.07) is 4.89. The van der Waals surface area contributed by atoms with Crippen LogP contribution in [0.4, 0.5) is 0 Å². The van der Waals surface area contributed by atoms with E-state index in [2.05, 4.69) is 0 Å². The van der Waals surface area contributed by atoms with Crippen LogP contribution in [0.2, 0.25) is 10.0 Å². The fraction of sp³-hybridized carbons (Fsp3) is 0.500. The summed E-state index contributed by atoms with van der Waals surface area (Å²) in [5.74, 6) is 0. The smallest absolute Gasteiger partial charge is 0.176 e. The summed E-state index contributed by atoms with van der Waals surface area (Å²) in [6.45, 7) is 4.82. The number of hydrogen-bond acceptors (Lipinski definition) is 3. The highest BCUT2D eigenvalue weighted by Crippen LogP contribution is 2.31. The molecular formula is C12H17Cl2NO2. The van der Waals surface area contributed by atoms with Gasteiger partial charge in [0.2, 0.25) is 0 Å². The zero-order chi connectivity index (χ0) is 12.8. The van der Waals surface area contributed by atoms with E-state index >= 15 is 0 Å². The van der Waals surface area contributed by atoms with Gasteiger partial charge in [-0.15, -0.1) is 0 Å². The molecule has 0 saturated heterocycles. The third kappa shape index (κ3) is 3.83. The second-order valence-corrected chi connectivity index (χ2v) is 4.23. The van der Waals surface area contributed by atoms with Gasteiger partial charge in [-0.25, -0.2) is 0 Å². The number of ether oxygens (including phenoxy) is 2. The molecule has 0 radical (unpaired) electrons. The molecule has 5 heteroatoms. The monoisotopic (exact) mass is 277 g/mol. The van der Waals surface area contributed by atoms with Crippen LogP contribution in [0.25, 0.3) is 0 Å². The van der Waals surface area contributed by atoms with E-state index in [-0.39, 0.29) is 0 Å². The Morgan fingerprint density at radius 1 is 1.18 bits per heavy atom. The molecule has 0 aliphatic heterocycles. The average molecular weight is 278 g/mol. The molecule has 0 aliphatic carbocycles. The van der Waals surface area contributed by atoms with Crippen molar-refractivity contribution in [3.63, 3.8) is 0 Å². The predicted octanol–water partition coefficient (Wildman–Crippen LogP) is 3.39. The summed E-state index contributed by atoms with van der Waals surface area (Å²) >= 11 is 12.1. The molecule has 1 unspecified atom stereocenters. The van der Waals surface area contributed by atoms with Gasteiger partial charge in [0.1, 0.15) is 0 Å². The third-order valence-corrected chi connectivity index (χ3v) is 3.13. The summed E-state index contributed by atoms with van der Waals surface area (Å²) in [6.07, 6.45) is -0.513. The van der Waals surface area contributed by atoms with Gasteiger partial charge in [-0.2, -0.15) is 0 Å². The van der Waals surface area contributed by atoms with Crippen LogP contribution in [-0.2, 0) is 9.47 Å². The molecule has 1 rings (SSSR count). The second kappa shape index (κ2) is 7.19. The number of benzene rings is 1. The fourth-order valence-corrected chi connectivity index (χ4v) is 1.94. The quantitative estimate of drug-likeness (QED) is 0.811. The van der Waals surface area contributed by atoms with Gasteiger partial charge < -0.3 is 15.2 Å². The first-order chi connectivity index (χ1) is 8.11. The standard InChI is InChI=1S/C12H17Cl2NO2/c1-3-16-12(17-4-2)11(15)8-6-5-7-9(13)10(8)14/h5-7,11-12H,3-4,15H2,1-2H3. The maximum Gasteiger partial charge on any atom is 0.176 e. The van der Waals surface area contributed by atoms with Crippen LogP contribution >= 0.6 is 23.2 Å². The van der Waals surface area contributed by atoms with E-state index in [0.717, 1.165) is 5.56 Å². The Bertz CT molecular complexity index is 354. The highest BCUT2D eigenvalue weighted by molar-refractivity contribution is 6.42. The SMILES string of the molecule is CCOC(OCC)C(N)c1cccc(Cl)c1Cl. The minimum absolute atomic E-state index is 0.450. The summed E-state index contributed by atoms with van der Waals surface area (Å²) in [4.78, 5) is 0. The molecule has 1 atom stereocenters. The summed E-state index contributed by atoms with van der Waals surface area (Å²) < 4.78 is 10.9. The molecular weight excluding hydrogens is 261 g/mol. The van der Waals surface area contributed by atoms with E-state index in [1.54, 1.807) is 12.1 Å². The molecule has 3 nitrogen and oxygen atoms in total. The molecule has 0 amide bonds. The van der Waals surface area contributed by atoms with Crippen molar-refractivity contribution in [3.05, 3.63) is 33.8 Å². The lowest BCUT2D eigenvalue weighted by molar-refractivity contribution is -0.149. The second-order valence-electron chi connectivity index (χ2n) is 3.45. The Balaban J connectivity index is 2.92. The van der Waals surface area contributed by atoms with Crippen LogP contribution in [0.5, 0.6) is 0 Å². The van der Waals surface area contributed by atoms with Gasteiger partial charge in [-0.1, -0.05) is 35.3 Å². The maximum absolute atomic E-state index is 6.11. The number of nitrogens with two attached hydrogens (primary N) is 1. The highest BCUT2D eigenvalue weighted by Gasteiger charge is 2.23. The number of rotatable bonds is 6. The van der Waals surface area contributed by atoms with Crippen molar-refractivity contribution in [1.29, 1.82) is 0 Å². The van der Waals surface area contributed by atoms with Crippen molar-refractivity contribution in [2.45, 2.75) is 26.2 Å².